The lowest BCUT2D eigenvalue weighted by atomic mass is 10.1. The molecule has 0 aliphatic carbocycles. The Balaban J connectivity index is 1.43. The van der Waals surface area contributed by atoms with E-state index in [4.69, 9.17) is 4.74 Å². The molecule has 2 N–H and O–H groups in total. The number of amides is 1. The van der Waals surface area contributed by atoms with Crippen molar-refractivity contribution < 1.29 is 14.5 Å². The molecule has 0 atom stereocenters. The number of rotatable bonds is 8. The average molecular weight is 455 g/mol. The molecule has 4 aromatic rings. The van der Waals surface area contributed by atoms with Gasteiger partial charge in [-0.3, -0.25) is 20.0 Å². The second kappa shape index (κ2) is 10.2. The number of aromatic amines is 1. The van der Waals surface area contributed by atoms with Gasteiger partial charge in [0, 0.05) is 23.3 Å². The fourth-order valence-electron chi connectivity index (χ4n) is 3.17. The normalized spacial score (nSPS) is 10.9. The molecule has 0 unspecified atom stereocenters. The molecule has 9 heteroatoms. The lowest BCUT2D eigenvalue weighted by molar-refractivity contribution is -0.384. The summed E-state index contributed by atoms with van der Waals surface area (Å²) in [4.78, 5) is 22.8. The number of nitrogens with zero attached hydrogens (tertiary/aromatic N) is 3. The van der Waals surface area contributed by atoms with E-state index in [9.17, 15) is 14.9 Å². The monoisotopic (exact) mass is 455 g/mol. The number of nitro benzene ring substituents is 1. The van der Waals surface area contributed by atoms with Gasteiger partial charge in [0.05, 0.1) is 16.8 Å². The van der Waals surface area contributed by atoms with Gasteiger partial charge in [0.2, 0.25) is 0 Å². The fourth-order valence-corrected chi connectivity index (χ4v) is 3.17. The molecule has 3 aromatic carbocycles. The largest absolute Gasteiger partial charge is 0.488 e. The topological polar surface area (TPSA) is 123 Å². The number of carbonyl (C=O) groups is 1. The van der Waals surface area contributed by atoms with Crippen LogP contribution in [-0.4, -0.2) is 27.2 Å². The molecule has 4 rings (SSSR count). The maximum absolute atomic E-state index is 12.4. The van der Waals surface area contributed by atoms with Gasteiger partial charge in [-0.25, -0.2) is 5.43 Å². The minimum Gasteiger partial charge on any atom is -0.488 e. The van der Waals surface area contributed by atoms with E-state index in [1.165, 1.54) is 23.9 Å². The summed E-state index contributed by atoms with van der Waals surface area (Å²) in [6.07, 6.45) is 1.33. The molecular weight excluding hydrogens is 434 g/mol. The highest BCUT2D eigenvalue weighted by atomic mass is 16.6. The minimum atomic E-state index is -0.501. The average Bonchev–Trinajstić information content (AvgIpc) is 3.34. The Morgan fingerprint density at radius 1 is 1.12 bits per heavy atom. The van der Waals surface area contributed by atoms with E-state index in [0.29, 0.717) is 23.6 Å². The van der Waals surface area contributed by atoms with Crippen molar-refractivity contribution in [3.8, 4) is 17.0 Å². The van der Waals surface area contributed by atoms with E-state index < -0.39 is 10.8 Å². The molecule has 170 valence electrons. The highest BCUT2D eigenvalue weighted by Crippen LogP contribution is 2.29. The van der Waals surface area contributed by atoms with Crippen LogP contribution in [0, 0.1) is 17.0 Å². The number of hydrogen-bond acceptors (Lipinski definition) is 6. The first-order valence-electron chi connectivity index (χ1n) is 10.4. The van der Waals surface area contributed by atoms with Crippen molar-refractivity contribution in [3.63, 3.8) is 0 Å². The molecule has 1 aromatic heterocycles. The van der Waals surface area contributed by atoms with Gasteiger partial charge in [0.25, 0.3) is 11.6 Å². The Morgan fingerprint density at radius 2 is 1.91 bits per heavy atom. The standard InChI is InChI=1S/C25H21N5O4/c1-17-9-11-18(12-10-17)16-34-24-8-3-2-7-21(24)22-14-23(28-27-22)25(31)29-26-15-19-5-4-6-20(13-19)30(32)33/h2-15H,16H2,1H3,(H,27,28)(H,29,31)/b26-15-. The summed E-state index contributed by atoms with van der Waals surface area (Å²) in [7, 11) is 0. The molecule has 0 bridgehead atoms. The van der Waals surface area contributed by atoms with Gasteiger partial charge in [-0.2, -0.15) is 10.2 Å². The van der Waals surface area contributed by atoms with Gasteiger partial charge in [0.1, 0.15) is 18.1 Å². The summed E-state index contributed by atoms with van der Waals surface area (Å²) in [6.45, 7) is 2.44. The van der Waals surface area contributed by atoms with Crippen LogP contribution in [0.2, 0.25) is 0 Å². The highest BCUT2D eigenvalue weighted by Gasteiger charge is 2.14. The third-order valence-corrected chi connectivity index (χ3v) is 4.96. The van der Waals surface area contributed by atoms with Crippen molar-refractivity contribution in [2.75, 3.05) is 0 Å². The van der Waals surface area contributed by atoms with E-state index in [-0.39, 0.29) is 11.4 Å². The second-order valence-electron chi connectivity index (χ2n) is 7.49. The zero-order valence-electron chi connectivity index (χ0n) is 18.3. The molecule has 0 saturated carbocycles. The molecule has 1 heterocycles. The van der Waals surface area contributed by atoms with Gasteiger partial charge in [-0.1, -0.05) is 54.1 Å². The highest BCUT2D eigenvalue weighted by molar-refractivity contribution is 5.94. The maximum atomic E-state index is 12.4. The molecule has 0 fully saturated rings. The Morgan fingerprint density at radius 3 is 2.71 bits per heavy atom. The van der Waals surface area contributed by atoms with Crippen molar-refractivity contribution in [3.05, 3.63) is 111 Å². The molecule has 0 saturated heterocycles. The van der Waals surface area contributed by atoms with Crippen LogP contribution in [0.5, 0.6) is 5.75 Å². The summed E-state index contributed by atoms with van der Waals surface area (Å²) in [5.74, 6) is 0.142. The maximum Gasteiger partial charge on any atom is 0.289 e. The molecular formula is C25H21N5O4. The van der Waals surface area contributed by atoms with Crippen LogP contribution in [0.4, 0.5) is 5.69 Å². The number of ether oxygens (including phenoxy) is 1. The number of non-ortho nitro benzene ring substituents is 1. The van der Waals surface area contributed by atoms with Crippen LogP contribution in [-0.2, 0) is 6.61 Å². The third-order valence-electron chi connectivity index (χ3n) is 4.96. The number of nitrogens with one attached hydrogen (secondary N) is 2. The second-order valence-corrected chi connectivity index (χ2v) is 7.49. The van der Waals surface area contributed by atoms with E-state index in [0.717, 1.165) is 11.1 Å². The van der Waals surface area contributed by atoms with Crippen molar-refractivity contribution in [1.29, 1.82) is 0 Å². The molecule has 0 aliphatic rings. The Bertz CT molecular complexity index is 1350. The SMILES string of the molecule is Cc1ccc(COc2ccccc2-c2cc(C(=O)N/N=C\c3cccc([N+](=O)[O-])c3)[nH]n2)cc1. The van der Waals surface area contributed by atoms with Gasteiger partial charge in [-0.05, 0) is 30.7 Å². The summed E-state index contributed by atoms with van der Waals surface area (Å²) in [5, 5.41) is 21.7. The van der Waals surface area contributed by atoms with Crippen LogP contribution in [0.15, 0.2) is 84.0 Å². The zero-order chi connectivity index (χ0) is 23.9. The lowest BCUT2D eigenvalue weighted by Gasteiger charge is -2.10. The first kappa shape index (κ1) is 22.4. The van der Waals surface area contributed by atoms with Gasteiger partial charge in [-0.15, -0.1) is 0 Å². The Hall–Kier alpha value is -4.79. The number of aromatic nitrogens is 2. The number of hydrazone groups is 1. The summed E-state index contributed by atoms with van der Waals surface area (Å²) < 4.78 is 6.00. The summed E-state index contributed by atoms with van der Waals surface area (Å²) in [6, 6.07) is 23.1. The molecule has 34 heavy (non-hydrogen) atoms. The van der Waals surface area contributed by atoms with Crippen molar-refractivity contribution in [2.45, 2.75) is 13.5 Å². The minimum absolute atomic E-state index is 0.0586. The van der Waals surface area contributed by atoms with Gasteiger partial charge >= 0.3 is 0 Å². The fraction of sp³-hybridized carbons (Fsp3) is 0.0800. The number of para-hydroxylation sites is 1. The van der Waals surface area contributed by atoms with Crippen LogP contribution in [0.25, 0.3) is 11.3 Å². The van der Waals surface area contributed by atoms with E-state index in [1.807, 2.05) is 55.5 Å². The smallest absolute Gasteiger partial charge is 0.289 e. The van der Waals surface area contributed by atoms with Crippen LogP contribution < -0.4 is 10.2 Å². The van der Waals surface area contributed by atoms with Gasteiger partial charge < -0.3 is 4.74 Å². The number of aryl methyl sites for hydroxylation is 1. The lowest BCUT2D eigenvalue weighted by Crippen LogP contribution is -2.18. The third kappa shape index (κ3) is 5.52. The predicted octanol–water partition coefficient (Wildman–Crippen LogP) is 4.64. The number of benzene rings is 3. The number of carbonyl (C=O) groups excluding carboxylic acids is 1. The van der Waals surface area contributed by atoms with E-state index in [2.05, 4.69) is 20.7 Å². The molecule has 0 aliphatic heterocycles. The Labute approximate surface area is 195 Å². The van der Waals surface area contributed by atoms with E-state index >= 15 is 0 Å². The summed E-state index contributed by atoms with van der Waals surface area (Å²) >= 11 is 0. The number of H-pyrrole nitrogens is 1. The molecule has 9 nitrogen and oxygen atoms in total. The first-order chi connectivity index (χ1) is 16.5. The number of nitro groups is 1. The van der Waals surface area contributed by atoms with Crippen molar-refractivity contribution in [1.82, 2.24) is 15.6 Å². The first-order valence-corrected chi connectivity index (χ1v) is 10.4. The van der Waals surface area contributed by atoms with Crippen molar-refractivity contribution in [2.24, 2.45) is 5.10 Å². The van der Waals surface area contributed by atoms with Crippen LogP contribution >= 0.6 is 0 Å². The van der Waals surface area contributed by atoms with Gasteiger partial charge in [0.15, 0.2) is 0 Å². The predicted molar refractivity (Wildman–Crippen MR) is 128 cm³/mol. The van der Waals surface area contributed by atoms with Crippen LogP contribution in [0.3, 0.4) is 0 Å². The Kier molecular flexibility index (Phi) is 6.73. The van der Waals surface area contributed by atoms with Crippen LogP contribution in [0.1, 0.15) is 27.2 Å². The molecule has 0 spiro atoms. The molecule has 1 amide bonds. The quantitative estimate of drug-likeness (QED) is 0.228. The van der Waals surface area contributed by atoms with E-state index in [1.54, 1.807) is 18.2 Å². The summed E-state index contributed by atoms with van der Waals surface area (Å²) in [5.41, 5.74) is 6.54. The molecule has 0 radical (unpaired) electrons. The van der Waals surface area contributed by atoms with Crippen molar-refractivity contribution >= 4 is 17.8 Å². The zero-order valence-corrected chi connectivity index (χ0v) is 18.3. The number of hydrogen-bond donors (Lipinski definition) is 2.